The summed E-state index contributed by atoms with van der Waals surface area (Å²) in [6.07, 6.45) is 4.96. The molecule has 238 valence electrons. The smallest absolute Gasteiger partial charge is 0.333 e. The van der Waals surface area contributed by atoms with E-state index in [1.54, 1.807) is 0 Å². The quantitative estimate of drug-likeness (QED) is 0.171. The summed E-state index contributed by atoms with van der Waals surface area (Å²) >= 11 is 0. The lowest BCUT2D eigenvalue weighted by Crippen LogP contribution is -2.63. The minimum absolute atomic E-state index is 0.0200. The van der Waals surface area contributed by atoms with Crippen LogP contribution in [0.3, 0.4) is 0 Å². The Morgan fingerprint density at radius 3 is 1.90 bits per heavy atom. The monoisotopic (exact) mass is 658 g/mol. The molecule has 7 aromatic carbocycles. The molecule has 4 aliphatic rings. The third-order valence-electron chi connectivity index (χ3n) is 11.8. The normalized spacial score (nSPS) is 16.7. The van der Waals surface area contributed by atoms with Gasteiger partial charge in [-0.3, -0.25) is 0 Å². The summed E-state index contributed by atoms with van der Waals surface area (Å²) in [5.41, 5.74) is 18.0. The van der Waals surface area contributed by atoms with Gasteiger partial charge in [0.25, 0.3) is 0 Å². The first kappa shape index (κ1) is 28.4. The molecule has 0 unspecified atom stereocenters. The largest absolute Gasteiger partial charge is 0.375 e. The zero-order valence-electron chi connectivity index (χ0n) is 28.4. The number of aryl methyl sites for hydroxylation is 1. The van der Waals surface area contributed by atoms with Crippen molar-refractivity contribution >= 4 is 56.2 Å². The predicted molar refractivity (Wildman–Crippen MR) is 213 cm³/mol. The summed E-state index contributed by atoms with van der Waals surface area (Å²) in [6, 6.07) is 59.9. The van der Waals surface area contributed by atoms with E-state index in [4.69, 9.17) is 0 Å². The summed E-state index contributed by atoms with van der Waals surface area (Å²) in [7, 11) is -1.24. The highest BCUT2D eigenvalue weighted by molar-refractivity contribution is 8.33. The van der Waals surface area contributed by atoms with E-state index in [0.29, 0.717) is 0 Å². The van der Waals surface area contributed by atoms with Crippen LogP contribution in [0.15, 0.2) is 168 Å². The van der Waals surface area contributed by atoms with E-state index in [1.807, 2.05) is 0 Å². The van der Waals surface area contributed by atoms with Crippen LogP contribution in [-0.2, 0) is 5.41 Å². The van der Waals surface area contributed by atoms with Crippen molar-refractivity contribution in [3.63, 3.8) is 0 Å². The number of nitrogens with zero attached hydrogens (tertiary/aromatic N) is 2. The average molecular weight is 659 g/mol. The highest BCUT2D eigenvalue weighted by Crippen LogP contribution is 2.69. The third-order valence-corrected chi connectivity index (χ3v) is 14.7. The molecule has 2 nitrogen and oxygen atoms in total. The molecule has 0 N–H and O–H groups in total. The predicted octanol–water partition coefficient (Wildman–Crippen LogP) is 10.2. The van der Waals surface area contributed by atoms with Gasteiger partial charge >= 0.3 is 6.85 Å². The molecule has 0 amide bonds. The molecular weight excluding hydrogens is 623 g/mol. The second kappa shape index (κ2) is 9.83. The summed E-state index contributed by atoms with van der Waals surface area (Å²) in [4.78, 5) is 8.27. The molecule has 50 heavy (non-hydrogen) atoms. The number of benzene rings is 7. The topological polar surface area (TPSA) is 6.48 Å². The molecule has 7 aromatic rings. The Kier molecular flexibility index (Phi) is 5.59. The molecule has 0 fully saturated rings. The van der Waals surface area contributed by atoms with Crippen molar-refractivity contribution < 1.29 is 0 Å². The fourth-order valence-corrected chi connectivity index (χ4v) is 12.3. The van der Waals surface area contributed by atoms with E-state index in [9.17, 15) is 0 Å². The molecule has 0 spiro atoms. The molecule has 0 radical (unpaired) electrons. The maximum atomic E-state index is 2.72. The minimum Gasteiger partial charge on any atom is -0.375 e. The zero-order chi connectivity index (χ0) is 33.4. The highest BCUT2D eigenvalue weighted by atomic mass is 32.3. The van der Waals surface area contributed by atoms with Crippen molar-refractivity contribution in [3.05, 3.63) is 186 Å². The Hall–Kier alpha value is -5.45. The number of fused-ring (bicyclic) bond motifs is 8. The number of anilines is 5. The maximum Gasteiger partial charge on any atom is 0.333 e. The van der Waals surface area contributed by atoms with Gasteiger partial charge in [0.2, 0.25) is 0 Å². The van der Waals surface area contributed by atoms with Gasteiger partial charge in [-0.05, 0) is 94.1 Å². The van der Waals surface area contributed by atoms with Crippen molar-refractivity contribution in [3.8, 4) is 11.1 Å². The van der Waals surface area contributed by atoms with Gasteiger partial charge in [-0.1, -0.05) is 127 Å². The third kappa shape index (κ3) is 3.33. The maximum absolute atomic E-state index is 2.72. The number of hydrogen-bond donors (Lipinski definition) is 0. The first-order valence-corrected chi connectivity index (χ1v) is 20.0. The van der Waals surface area contributed by atoms with Gasteiger partial charge < -0.3 is 9.71 Å². The SMILES string of the molecule is Cc1cc2c3c(c1)N1c4ccccc4C(c4ccccc4)(c4ccccc4)c4cccc(c41)B3N1c3ccccc3S(C)(C)c3cccc-2c31. The van der Waals surface area contributed by atoms with Crippen LogP contribution in [0.5, 0.6) is 0 Å². The second-order valence-corrected chi connectivity index (χ2v) is 18.1. The Balaban J connectivity index is 1.33. The molecule has 4 aliphatic heterocycles. The average Bonchev–Trinajstić information content (AvgIpc) is 3.16. The van der Waals surface area contributed by atoms with E-state index in [2.05, 4.69) is 187 Å². The van der Waals surface area contributed by atoms with Crippen LogP contribution >= 0.6 is 10.0 Å². The van der Waals surface area contributed by atoms with Crippen molar-refractivity contribution in [2.45, 2.75) is 22.1 Å². The van der Waals surface area contributed by atoms with Gasteiger partial charge in [-0.25, -0.2) is 0 Å². The summed E-state index contributed by atoms with van der Waals surface area (Å²) in [6.45, 7) is 2.29. The fraction of sp³-hybridized carbons (Fsp3) is 0.0870. The van der Waals surface area contributed by atoms with Crippen molar-refractivity contribution in [1.82, 2.24) is 0 Å². The van der Waals surface area contributed by atoms with Crippen LogP contribution in [0.1, 0.15) is 27.8 Å². The van der Waals surface area contributed by atoms with Gasteiger partial charge in [0.15, 0.2) is 0 Å². The van der Waals surface area contributed by atoms with Gasteiger partial charge in [0.1, 0.15) is 0 Å². The lowest BCUT2D eigenvalue weighted by molar-refractivity contribution is 0.732. The van der Waals surface area contributed by atoms with Crippen LogP contribution in [0.25, 0.3) is 11.1 Å². The lowest BCUT2D eigenvalue weighted by Gasteiger charge is -2.54. The van der Waals surface area contributed by atoms with Gasteiger partial charge in [-0.2, -0.15) is 10.0 Å². The molecule has 0 bridgehead atoms. The molecule has 4 heterocycles. The highest BCUT2D eigenvalue weighted by Gasteiger charge is 2.54. The number of rotatable bonds is 2. The Morgan fingerprint density at radius 2 is 1.14 bits per heavy atom. The van der Waals surface area contributed by atoms with Crippen molar-refractivity contribution in [2.75, 3.05) is 22.2 Å². The van der Waals surface area contributed by atoms with Crippen LogP contribution in [0, 0.1) is 6.92 Å². The molecular formula is C46H35BN2S. The van der Waals surface area contributed by atoms with E-state index in [1.165, 1.54) is 88.1 Å². The lowest BCUT2D eigenvalue weighted by atomic mass is 9.42. The summed E-state index contributed by atoms with van der Waals surface area (Å²) in [5, 5.41) is 0. The minimum atomic E-state index is -1.24. The van der Waals surface area contributed by atoms with E-state index >= 15 is 0 Å². The van der Waals surface area contributed by atoms with Crippen molar-refractivity contribution in [2.24, 2.45) is 0 Å². The Bertz CT molecular complexity index is 2520. The molecule has 0 aliphatic carbocycles. The molecule has 4 heteroatoms. The van der Waals surface area contributed by atoms with Crippen LogP contribution in [0.4, 0.5) is 28.4 Å². The van der Waals surface area contributed by atoms with E-state index in [0.717, 1.165) is 0 Å². The zero-order valence-corrected chi connectivity index (χ0v) is 29.2. The molecule has 0 aromatic heterocycles. The number of para-hydroxylation sites is 4. The standard InChI is InChI=1S/C46H35BN2S/c1-30-28-34-33-20-14-27-42-44(33)49(39-25-12-13-26-41(39)50(42,2)3)47-37-23-15-22-36-45(37)48(40(29-30)43(34)47)38-24-11-10-21-35(38)46(36,31-16-6-4-7-17-31)32-18-8-5-9-19-32/h4-29H,1-3H3. The summed E-state index contributed by atoms with van der Waals surface area (Å²) < 4.78 is 0. The van der Waals surface area contributed by atoms with E-state index < -0.39 is 15.4 Å². The first-order chi connectivity index (χ1) is 24.5. The fourth-order valence-electron chi connectivity index (χ4n) is 9.89. The molecule has 0 saturated heterocycles. The van der Waals surface area contributed by atoms with E-state index in [-0.39, 0.29) is 6.85 Å². The van der Waals surface area contributed by atoms with Crippen LogP contribution in [0.2, 0.25) is 0 Å². The molecule has 0 saturated carbocycles. The Labute approximate surface area is 296 Å². The summed E-state index contributed by atoms with van der Waals surface area (Å²) in [5.74, 6) is 0. The first-order valence-electron chi connectivity index (χ1n) is 17.5. The Morgan fingerprint density at radius 1 is 0.520 bits per heavy atom. The van der Waals surface area contributed by atoms with Crippen LogP contribution < -0.4 is 20.6 Å². The van der Waals surface area contributed by atoms with Gasteiger partial charge in [0.05, 0.1) is 11.1 Å². The second-order valence-electron chi connectivity index (χ2n) is 14.5. The van der Waals surface area contributed by atoms with Gasteiger partial charge in [0, 0.05) is 38.1 Å². The number of hydrogen-bond acceptors (Lipinski definition) is 2. The van der Waals surface area contributed by atoms with Gasteiger partial charge in [-0.15, -0.1) is 0 Å². The molecule has 0 atom stereocenters. The van der Waals surface area contributed by atoms with Crippen LogP contribution in [-0.4, -0.2) is 19.4 Å². The molecule has 11 rings (SSSR count). The van der Waals surface area contributed by atoms with Crippen molar-refractivity contribution in [1.29, 1.82) is 0 Å².